The number of carbonyl (C=O) groups is 2. The van der Waals surface area contributed by atoms with Gasteiger partial charge in [-0.3, -0.25) is 19.1 Å². The molecule has 10 heteroatoms. The Kier molecular flexibility index (Phi) is 7.21. The van der Waals surface area contributed by atoms with Crippen molar-refractivity contribution in [3.63, 3.8) is 0 Å². The molecule has 4 aromatic rings. The van der Waals surface area contributed by atoms with E-state index in [2.05, 4.69) is 15.3 Å². The highest BCUT2D eigenvalue weighted by molar-refractivity contribution is 7.20. The fourth-order valence-electron chi connectivity index (χ4n) is 3.63. The van der Waals surface area contributed by atoms with Crippen LogP contribution in [0.5, 0.6) is 5.75 Å². The minimum atomic E-state index is -0.498. The molecule has 9 nitrogen and oxygen atoms in total. The summed E-state index contributed by atoms with van der Waals surface area (Å²) in [5.41, 5.74) is 1.37. The lowest BCUT2D eigenvalue weighted by atomic mass is 10.2. The largest absolute Gasteiger partial charge is 0.497 e. The number of methoxy groups -OCH3 is 1. The average Bonchev–Trinajstić information content (AvgIpc) is 3.19. The van der Waals surface area contributed by atoms with Gasteiger partial charge in [-0.25, -0.2) is 9.78 Å². The fraction of sp³-hybridized carbons (Fsp3) is 0.240. The molecular weight excluding hydrogens is 468 g/mol. The molecule has 180 valence electrons. The lowest BCUT2D eigenvalue weighted by Gasteiger charge is -2.13. The molecule has 0 aliphatic rings. The van der Waals surface area contributed by atoms with Gasteiger partial charge in [0.15, 0.2) is 0 Å². The maximum atomic E-state index is 13.6. The number of esters is 1. The van der Waals surface area contributed by atoms with Crippen LogP contribution in [0.4, 0.5) is 5.69 Å². The third-order valence-corrected chi connectivity index (χ3v) is 6.50. The maximum absolute atomic E-state index is 13.6. The first-order valence-electron chi connectivity index (χ1n) is 10.9. The number of anilines is 1. The van der Waals surface area contributed by atoms with Gasteiger partial charge in [0.25, 0.3) is 5.56 Å². The van der Waals surface area contributed by atoms with Gasteiger partial charge in [-0.05, 0) is 55.8 Å². The van der Waals surface area contributed by atoms with E-state index in [0.717, 1.165) is 11.3 Å². The minimum Gasteiger partial charge on any atom is -0.497 e. The van der Waals surface area contributed by atoms with Crippen LogP contribution in [0, 0.1) is 6.92 Å². The van der Waals surface area contributed by atoms with Crippen LogP contribution in [0.15, 0.2) is 53.5 Å². The normalized spacial score (nSPS) is 10.8. The van der Waals surface area contributed by atoms with E-state index < -0.39 is 11.5 Å². The third-order valence-electron chi connectivity index (χ3n) is 5.33. The number of hydrogen-bond acceptors (Lipinski definition) is 8. The van der Waals surface area contributed by atoms with Gasteiger partial charge >= 0.3 is 5.97 Å². The van der Waals surface area contributed by atoms with Crippen LogP contribution in [-0.4, -0.2) is 40.1 Å². The Hall–Kier alpha value is -4.05. The van der Waals surface area contributed by atoms with Gasteiger partial charge in [0.1, 0.15) is 27.8 Å². The Morgan fingerprint density at radius 3 is 2.57 bits per heavy atom. The van der Waals surface area contributed by atoms with Crippen LogP contribution in [0.1, 0.15) is 33.7 Å². The smallest absolute Gasteiger partial charge is 0.348 e. The number of carbonyl (C=O) groups excluding carboxylic acids is 2. The second-order valence-electron chi connectivity index (χ2n) is 7.65. The van der Waals surface area contributed by atoms with E-state index >= 15 is 0 Å². The van der Waals surface area contributed by atoms with Crippen LogP contribution >= 0.6 is 11.3 Å². The number of nitrogens with one attached hydrogen (secondary N) is 1. The van der Waals surface area contributed by atoms with E-state index in [-0.39, 0.29) is 25.5 Å². The lowest BCUT2D eigenvalue weighted by Crippen LogP contribution is -2.31. The highest BCUT2D eigenvalue weighted by Gasteiger charge is 2.23. The Balaban J connectivity index is 1.74. The summed E-state index contributed by atoms with van der Waals surface area (Å²) < 4.78 is 11.6. The summed E-state index contributed by atoms with van der Waals surface area (Å²) in [7, 11) is 1.56. The molecule has 1 aromatic carbocycles. The van der Waals surface area contributed by atoms with Crippen LogP contribution in [-0.2, 0) is 22.5 Å². The molecule has 0 fully saturated rings. The van der Waals surface area contributed by atoms with E-state index in [0.29, 0.717) is 43.6 Å². The van der Waals surface area contributed by atoms with Crippen molar-refractivity contribution in [1.82, 2.24) is 14.5 Å². The number of rotatable bonds is 8. The third kappa shape index (κ3) is 5.22. The zero-order chi connectivity index (χ0) is 24.9. The van der Waals surface area contributed by atoms with E-state index in [4.69, 9.17) is 9.47 Å². The molecule has 0 aliphatic heterocycles. The van der Waals surface area contributed by atoms with Crippen LogP contribution < -0.4 is 15.6 Å². The van der Waals surface area contributed by atoms with Gasteiger partial charge in [0.2, 0.25) is 5.91 Å². The van der Waals surface area contributed by atoms with E-state index in [9.17, 15) is 14.4 Å². The van der Waals surface area contributed by atoms with Gasteiger partial charge in [0, 0.05) is 24.0 Å². The molecule has 0 aliphatic carbocycles. The fourth-order valence-corrected chi connectivity index (χ4v) is 4.72. The van der Waals surface area contributed by atoms with E-state index in [1.54, 1.807) is 57.5 Å². The van der Waals surface area contributed by atoms with Gasteiger partial charge in [-0.15, -0.1) is 11.3 Å². The van der Waals surface area contributed by atoms with Gasteiger partial charge in [0.05, 0.1) is 19.1 Å². The van der Waals surface area contributed by atoms with Crippen molar-refractivity contribution < 1.29 is 19.1 Å². The summed E-state index contributed by atoms with van der Waals surface area (Å²) in [4.78, 5) is 48.6. The number of aromatic nitrogens is 3. The Labute approximate surface area is 205 Å². The summed E-state index contributed by atoms with van der Waals surface area (Å²) in [6.07, 6.45) is 1.90. The summed E-state index contributed by atoms with van der Waals surface area (Å²) in [5.74, 6) is 0.154. The van der Waals surface area contributed by atoms with Crippen LogP contribution in [0.25, 0.3) is 10.2 Å². The highest BCUT2D eigenvalue weighted by atomic mass is 32.1. The molecule has 1 amide bonds. The molecule has 1 N–H and O–H groups in total. The van der Waals surface area contributed by atoms with Crippen LogP contribution in [0.3, 0.4) is 0 Å². The molecule has 0 bridgehead atoms. The Morgan fingerprint density at radius 1 is 1.14 bits per heavy atom. The molecule has 3 heterocycles. The topological polar surface area (TPSA) is 112 Å². The maximum Gasteiger partial charge on any atom is 0.348 e. The summed E-state index contributed by atoms with van der Waals surface area (Å²) in [6.45, 7) is 3.38. The number of fused-ring (bicyclic) bond motifs is 1. The quantitative estimate of drug-likeness (QED) is 0.374. The van der Waals surface area contributed by atoms with Crippen molar-refractivity contribution in [2.24, 2.45) is 0 Å². The number of pyridine rings is 1. The SMILES string of the molecule is CCOC(=O)c1sc2nc(Cc3ccccn3)n(CC(=O)Nc3ccc(OC)cc3)c(=O)c2c1C. The zero-order valence-electron chi connectivity index (χ0n) is 19.5. The first kappa shape index (κ1) is 24.1. The van der Waals surface area contributed by atoms with Crippen LogP contribution in [0.2, 0.25) is 0 Å². The molecule has 0 saturated carbocycles. The summed E-state index contributed by atoms with van der Waals surface area (Å²) in [5, 5.41) is 3.10. The first-order chi connectivity index (χ1) is 16.9. The van der Waals surface area contributed by atoms with Crippen molar-refractivity contribution in [3.8, 4) is 5.75 Å². The molecular formula is C25H24N4O5S. The number of thiophene rings is 1. The van der Waals surface area contributed by atoms with Gasteiger partial charge < -0.3 is 14.8 Å². The molecule has 0 atom stereocenters. The zero-order valence-corrected chi connectivity index (χ0v) is 20.3. The number of ether oxygens (including phenoxy) is 2. The molecule has 4 rings (SSSR count). The van der Waals surface area contributed by atoms with Crippen molar-refractivity contribution in [2.75, 3.05) is 19.0 Å². The molecule has 3 aromatic heterocycles. The minimum absolute atomic E-state index is 0.223. The molecule has 35 heavy (non-hydrogen) atoms. The van der Waals surface area contributed by atoms with E-state index in [1.807, 2.05) is 12.1 Å². The monoisotopic (exact) mass is 492 g/mol. The molecule has 0 unspecified atom stereocenters. The first-order valence-corrected chi connectivity index (χ1v) is 11.8. The molecule has 0 spiro atoms. The van der Waals surface area contributed by atoms with Crippen molar-refractivity contribution >= 4 is 39.1 Å². The summed E-state index contributed by atoms with van der Waals surface area (Å²) in [6, 6.07) is 12.3. The number of nitrogens with zero attached hydrogens (tertiary/aromatic N) is 3. The predicted molar refractivity (Wildman–Crippen MR) is 133 cm³/mol. The predicted octanol–water partition coefficient (Wildman–Crippen LogP) is 3.58. The summed E-state index contributed by atoms with van der Waals surface area (Å²) >= 11 is 1.11. The highest BCUT2D eigenvalue weighted by Crippen LogP contribution is 2.28. The molecule has 0 radical (unpaired) electrons. The number of hydrogen-bond donors (Lipinski definition) is 1. The molecule has 0 saturated heterocycles. The van der Waals surface area contributed by atoms with Crippen molar-refractivity contribution in [1.29, 1.82) is 0 Å². The Bertz CT molecular complexity index is 1430. The van der Waals surface area contributed by atoms with Gasteiger partial charge in [-0.1, -0.05) is 6.07 Å². The second-order valence-corrected chi connectivity index (χ2v) is 8.65. The number of aryl methyl sites for hydroxylation is 1. The van der Waals surface area contributed by atoms with Crippen molar-refractivity contribution in [3.05, 3.63) is 81.0 Å². The lowest BCUT2D eigenvalue weighted by molar-refractivity contribution is -0.116. The Morgan fingerprint density at radius 2 is 1.91 bits per heavy atom. The van der Waals surface area contributed by atoms with Crippen molar-refractivity contribution in [2.45, 2.75) is 26.8 Å². The van der Waals surface area contributed by atoms with Gasteiger partial charge in [-0.2, -0.15) is 0 Å². The van der Waals surface area contributed by atoms with E-state index in [1.165, 1.54) is 4.57 Å². The number of benzene rings is 1. The second kappa shape index (κ2) is 10.5. The standard InChI is InChI=1S/C25H24N4O5S/c1-4-34-25(32)22-15(2)21-23(35-22)28-19(13-17-7-5-6-12-26-17)29(24(21)31)14-20(30)27-16-8-10-18(33-3)11-9-16/h5-12H,4,13-14H2,1-3H3,(H,27,30). The average molecular weight is 493 g/mol. The number of amides is 1.